The van der Waals surface area contributed by atoms with Crippen LogP contribution in [0.4, 0.5) is 0 Å². The molecule has 5 heteroatoms. The molecule has 1 aromatic heterocycles. The summed E-state index contributed by atoms with van der Waals surface area (Å²) in [6, 6.07) is 8.12. The molecule has 1 aromatic carbocycles. The molecule has 1 saturated heterocycles. The number of nitrogens with zero attached hydrogens (tertiary/aromatic N) is 2. The Kier molecular flexibility index (Phi) is 4.05. The summed E-state index contributed by atoms with van der Waals surface area (Å²) in [6.45, 7) is 6.05. The molecule has 2 heterocycles. The highest BCUT2D eigenvalue weighted by Gasteiger charge is 2.19. The first-order chi connectivity index (χ1) is 9.72. The standard InChI is InChI=1S/C15H18ClN3O/c1-11-8-17-6-7-19(11)10-15-18-9-14(20-15)12-2-4-13(16)5-3-12/h2-5,9,11,17H,6-8,10H2,1H3/t11-/m1/s1. The number of rotatable bonds is 3. The summed E-state index contributed by atoms with van der Waals surface area (Å²) in [5.41, 5.74) is 1.00. The van der Waals surface area contributed by atoms with Crippen LogP contribution in [0.5, 0.6) is 0 Å². The summed E-state index contributed by atoms with van der Waals surface area (Å²) in [6.07, 6.45) is 1.78. The van der Waals surface area contributed by atoms with E-state index in [0.717, 1.165) is 48.4 Å². The fraction of sp³-hybridized carbons (Fsp3) is 0.400. The number of nitrogens with one attached hydrogen (secondary N) is 1. The summed E-state index contributed by atoms with van der Waals surface area (Å²) < 4.78 is 5.84. The van der Waals surface area contributed by atoms with Gasteiger partial charge in [0.15, 0.2) is 5.76 Å². The lowest BCUT2D eigenvalue weighted by molar-refractivity contribution is 0.151. The summed E-state index contributed by atoms with van der Waals surface area (Å²) in [7, 11) is 0. The monoisotopic (exact) mass is 291 g/mol. The molecule has 1 fully saturated rings. The molecule has 4 nitrogen and oxygen atoms in total. The average molecular weight is 292 g/mol. The Hall–Kier alpha value is -1.36. The van der Waals surface area contributed by atoms with E-state index < -0.39 is 0 Å². The third-order valence-corrected chi connectivity index (χ3v) is 3.91. The Morgan fingerprint density at radius 2 is 2.20 bits per heavy atom. The Balaban J connectivity index is 1.71. The molecule has 3 rings (SSSR count). The lowest BCUT2D eigenvalue weighted by atomic mass is 10.2. The van der Waals surface area contributed by atoms with E-state index in [1.54, 1.807) is 6.20 Å². The second kappa shape index (κ2) is 5.95. The van der Waals surface area contributed by atoms with Gasteiger partial charge in [0.25, 0.3) is 0 Å². The van der Waals surface area contributed by atoms with Crippen molar-refractivity contribution in [1.82, 2.24) is 15.2 Å². The van der Waals surface area contributed by atoms with Crippen LogP contribution < -0.4 is 5.32 Å². The lowest BCUT2D eigenvalue weighted by Gasteiger charge is -2.32. The fourth-order valence-corrected chi connectivity index (χ4v) is 2.55. The molecule has 106 valence electrons. The number of halogens is 1. The lowest BCUT2D eigenvalue weighted by Crippen LogP contribution is -2.49. The minimum Gasteiger partial charge on any atom is -0.439 e. The van der Waals surface area contributed by atoms with Crippen molar-refractivity contribution in [3.8, 4) is 11.3 Å². The minimum atomic E-state index is 0.509. The van der Waals surface area contributed by atoms with E-state index in [9.17, 15) is 0 Å². The maximum Gasteiger partial charge on any atom is 0.209 e. The second-order valence-electron chi connectivity index (χ2n) is 5.15. The number of piperazine rings is 1. The molecule has 0 radical (unpaired) electrons. The van der Waals surface area contributed by atoms with Gasteiger partial charge < -0.3 is 9.73 Å². The molecular formula is C15H18ClN3O. The van der Waals surface area contributed by atoms with Gasteiger partial charge in [-0.2, -0.15) is 0 Å². The van der Waals surface area contributed by atoms with Gasteiger partial charge in [0.05, 0.1) is 12.7 Å². The van der Waals surface area contributed by atoms with E-state index in [-0.39, 0.29) is 0 Å². The largest absolute Gasteiger partial charge is 0.439 e. The summed E-state index contributed by atoms with van der Waals surface area (Å²) in [4.78, 5) is 6.76. The van der Waals surface area contributed by atoms with Crippen molar-refractivity contribution in [2.45, 2.75) is 19.5 Å². The SMILES string of the molecule is C[C@@H]1CNCCN1Cc1ncc(-c2ccc(Cl)cc2)o1. The van der Waals surface area contributed by atoms with Gasteiger partial charge in [-0.05, 0) is 31.2 Å². The van der Waals surface area contributed by atoms with Crippen molar-refractivity contribution in [3.63, 3.8) is 0 Å². The Labute approximate surface area is 123 Å². The zero-order valence-electron chi connectivity index (χ0n) is 11.5. The average Bonchev–Trinajstić information content (AvgIpc) is 2.91. The number of hydrogen-bond donors (Lipinski definition) is 1. The highest BCUT2D eigenvalue weighted by molar-refractivity contribution is 6.30. The quantitative estimate of drug-likeness (QED) is 0.944. The molecule has 0 aliphatic carbocycles. The molecule has 0 bridgehead atoms. The predicted octanol–water partition coefficient (Wildman–Crippen LogP) is 2.79. The first-order valence-corrected chi connectivity index (χ1v) is 7.25. The van der Waals surface area contributed by atoms with Crippen LogP contribution in [-0.2, 0) is 6.54 Å². The van der Waals surface area contributed by atoms with Crippen molar-refractivity contribution in [3.05, 3.63) is 41.4 Å². The molecule has 2 aromatic rings. The predicted molar refractivity (Wildman–Crippen MR) is 79.7 cm³/mol. The van der Waals surface area contributed by atoms with E-state index in [4.69, 9.17) is 16.0 Å². The summed E-state index contributed by atoms with van der Waals surface area (Å²) >= 11 is 5.89. The van der Waals surface area contributed by atoms with E-state index in [1.807, 2.05) is 24.3 Å². The zero-order valence-corrected chi connectivity index (χ0v) is 12.2. The van der Waals surface area contributed by atoms with E-state index >= 15 is 0 Å². The number of oxazole rings is 1. The number of hydrogen-bond acceptors (Lipinski definition) is 4. The maximum atomic E-state index is 5.89. The van der Waals surface area contributed by atoms with Crippen LogP contribution in [0, 0.1) is 0 Å². The molecule has 0 spiro atoms. The fourth-order valence-electron chi connectivity index (χ4n) is 2.42. The third kappa shape index (κ3) is 3.03. The third-order valence-electron chi connectivity index (χ3n) is 3.66. The number of benzene rings is 1. The molecule has 1 aliphatic rings. The van der Waals surface area contributed by atoms with Crippen LogP contribution in [0.2, 0.25) is 5.02 Å². The van der Waals surface area contributed by atoms with Crippen LogP contribution in [0.25, 0.3) is 11.3 Å². The van der Waals surface area contributed by atoms with Crippen LogP contribution in [-0.4, -0.2) is 35.6 Å². The van der Waals surface area contributed by atoms with Gasteiger partial charge >= 0.3 is 0 Å². The molecule has 1 N–H and O–H groups in total. The Morgan fingerprint density at radius 1 is 1.40 bits per heavy atom. The van der Waals surface area contributed by atoms with Gasteiger partial charge in [0, 0.05) is 36.3 Å². The molecular weight excluding hydrogens is 274 g/mol. The van der Waals surface area contributed by atoms with E-state index in [1.165, 1.54) is 0 Å². The van der Waals surface area contributed by atoms with Crippen LogP contribution in [0.3, 0.4) is 0 Å². The van der Waals surface area contributed by atoms with Crippen LogP contribution >= 0.6 is 11.6 Å². The van der Waals surface area contributed by atoms with Crippen molar-refractivity contribution in [2.75, 3.05) is 19.6 Å². The Bertz CT molecular complexity index is 567. The minimum absolute atomic E-state index is 0.509. The van der Waals surface area contributed by atoms with Gasteiger partial charge in [0.1, 0.15) is 0 Å². The molecule has 1 atom stereocenters. The molecule has 0 unspecified atom stereocenters. The smallest absolute Gasteiger partial charge is 0.209 e. The molecule has 1 aliphatic heterocycles. The maximum absolute atomic E-state index is 5.89. The highest BCUT2D eigenvalue weighted by atomic mass is 35.5. The molecule has 20 heavy (non-hydrogen) atoms. The second-order valence-corrected chi connectivity index (χ2v) is 5.59. The van der Waals surface area contributed by atoms with Crippen LogP contribution in [0.15, 0.2) is 34.9 Å². The highest BCUT2D eigenvalue weighted by Crippen LogP contribution is 2.23. The van der Waals surface area contributed by atoms with Crippen molar-refractivity contribution < 1.29 is 4.42 Å². The van der Waals surface area contributed by atoms with E-state index in [0.29, 0.717) is 6.04 Å². The van der Waals surface area contributed by atoms with Crippen molar-refractivity contribution >= 4 is 11.6 Å². The number of aromatic nitrogens is 1. The van der Waals surface area contributed by atoms with E-state index in [2.05, 4.69) is 22.1 Å². The first kappa shape index (κ1) is 13.6. The van der Waals surface area contributed by atoms with Gasteiger partial charge in [-0.1, -0.05) is 11.6 Å². The van der Waals surface area contributed by atoms with Crippen molar-refractivity contribution in [1.29, 1.82) is 0 Å². The first-order valence-electron chi connectivity index (χ1n) is 6.88. The topological polar surface area (TPSA) is 41.3 Å². The van der Waals surface area contributed by atoms with Crippen molar-refractivity contribution in [2.24, 2.45) is 0 Å². The zero-order chi connectivity index (χ0) is 13.9. The summed E-state index contributed by atoms with van der Waals surface area (Å²) in [5, 5.41) is 4.11. The van der Waals surface area contributed by atoms with Gasteiger partial charge in [-0.3, -0.25) is 4.90 Å². The normalized spacial score (nSPS) is 20.2. The Morgan fingerprint density at radius 3 is 2.95 bits per heavy atom. The van der Waals surface area contributed by atoms with Gasteiger partial charge in [-0.15, -0.1) is 0 Å². The summed E-state index contributed by atoms with van der Waals surface area (Å²) in [5.74, 6) is 1.56. The van der Waals surface area contributed by atoms with Crippen LogP contribution in [0.1, 0.15) is 12.8 Å². The van der Waals surface area contributed by atoms with Gasteiger partial charge in [0.2, 0.25) is 5.89 Å². The molecule has 0 saturated carbocycles. The molecule has 0 amide bonds. The van der Waals surface area contributed by atoms with Gasteiger partial charge in [-0.25, -0.2) is 4.98 Å².